The van der Waals surface area contributed by atoms with Crippen molar-refractivity contribution in [3.63, 3.8) is 0 Å². The number of ether oxygens (including phenoxy) is 1. The number of benzene rings is 1. The molecule has 0 aliphatic heterocycles. The minimum atomic E-state index is -4.88. The van der Waals surface area contributed by atoms with Crippen molar-refractivity contribution in [1.82, 2.24) is 0 Å². The minimum absolute atomic E-state index is 0.122. The zero-order valence-corrected chi connectivity index (χ0v) is 9.19. The third-order valence-electron chi connectivity index (χ3n) is 1.65. The third-order valence-corrected chi connectivity index (χ3v) is 2.14. The normalized spacial score (nSPS) is 13.7. The van der Waals surface area contributed by atoms with Crippen LogP contribution in [-0.2, 0) is 0 Å². The lowest BCUT2D eigenvalue weighted by Gasteiger charge is -2.12. The fourth-order valence-corrected chi connectivity index (χ4v) is 1.39. The van der Waals surface area contributed by atoms with Gasteiger partial charge in [-0.15, -0.1) is 13.2 Å². The van der Waals surface area contributed by atoms with Crippen molar-refractivity contribution in [2.45, 2.75) is 18.1 Å². The molecular weight excluding hydrogens is 280 g/mol. The molecule has 0 bridgehead atoms. The fraction of sp³-hybridized carbons (Fsp3) is 0.333. The standard InChI is InChI=1S/C9H7BrF4O/c1-5(10)6-3-2-4-7(8(6)11)15-9(12,13)14/h2-5H,1H3. The van der Waals surface area contributed by atoms with Gasteiger partial charge in [0.1, 0.15) is 0 Å². The van der Waals surface area contributed by atoms with E-state index in [2.05, 4.69) is 20.7 Å². The number of hydrogen-bond donors (Lipinski definition) is 0. The van der Waals surface area contributed by atoms with E-state index in [1.165, 1.54) is 12.1 Å². The van der Waals surface area contributed by atoms with E-state index in [9.17, 15) is 17.6 Å². The summed E-state index contributed by atoms with van der Waals surface area (Å²) in [6, 6.07) is 3.62. The van der Waals surface area contributed by atoms with E-state index in [1.54, 1.807) is 6.92 Å². The zero-order valence-electron chi connectivity index (χ0n) is 7.61. The minimum Gasteiger partial charge on any atom is -0.403 e. The van der Waals surface area contributed by atoms with Gasteiger partial charge < -0.3 is 4.74 Å². The summed E-state index contributed by atoms with van der Waals surface area (Å²) in [4.78, 5) is -0.380. The second kappa shape index (κ2) is 4.38. The van der Waals surface area contributed by atoms with Crippen LogP contribution in [0.15, 0.2) is 18.2 Å². The lowest BCUT2D eigenvalue weighted by atomic mass is 10.1. The van der Waals surface area contributed by atoms with Gasteiger partial charge in [-0.05, 0) is 13.0 Å². The molecule has 0 radical (unpaired) electrons. The van der Waals surface area contributed by atoms with E-state index in [0.29, 0.717) is 0 Å². The SMILES string of the molecule is CC(Br)c1cccc(OC(F)(F)F)c1F. The molecule has 6 heteroatoms. The number of halogens is 5. The maximum atomic E-state index is 13.4. The Balaban J connectivity index is 3.05. The second-order valence-electron chi connectivity index (χ2n) is 2.82. The van der Waals surface area contributed by atoms with Gasteiger partial charge in [0.15, 0.2) is 11.6 Å². The molecule has 0 N–H and O–H groups in total. The Morgan fingerprint density at radius 3 is 2.40 bits per heavy atom. The largest absolute Gasteiger partial charge is 0.573 e. The monoisotopic (exact) mass is 286 g/mol. The van der Waals surface area contributed by atoms with Gasteiger partial charge >= 0.3 is 6.36 Å². The van der Waals surface area contributed by atoms with E-state index in [1.807, 2.05) is 0 Å². The van der Waals surface area contributed by atoms with E-state index in [4.69, 9.17) is 0 Å². The van der Waals surface area contributed by atoms with Gasteiger partial charge in [0.2, 0.25) is 0 Å². The summed E-state index contributed by atoms with van der Waals surface area (Å²) in [5.41, 5.74) is 0.122. The van der Waals surface area contributed by atoms with Crippen molar-refractivity contribution >= 4 is 15.9 Å². The summed E-state index contributed by atoms with van der Waals surface area (Å²) < 4.78 is 52.5. The molecular formula is C9H7BrF4O. The van der Waals surface area contributed by atoms with Gasteiger partial charge in [0, 0.05) is 10.4 Å². The zero-order chi connectivity index (χ0) is 11.6. The molecule has 0 saturated heterocycles. The lowest BCUT2D eigenvalue weighted by molar-refractivity contribution is -0.275. The first kappa shape index (κ1) is 12.3. The van der Waals surface area contributed by atoms with Crippen molar-refractivity contribution in [1.29, 1.82) is 0 Å². The molecule has 0 amide bonds. The van der Waals surface area contributed by atoms with Gasteiger partial charge in [-0.1, -0.05) is 28.1 Å². The molecule has 84 valence electrons. The van der Waals surface area contributed by atoms with Crippen LogP contribution in [0.3, 0.4) is 0 Å². The maximum Gasteiger partial charge on any atom is 0.573 e. The molecule has 1 atom stereocenters. The summed E-state index contributed by atoms with van der Waals surface area (Å²) in [5, 5.41) is 0. The highest BCUT2D eigenvalue weighted by Crippen LogP contribution is 2.32. The molecule has 1 unspecified atom stereocenters. The van der Waals surface area contributed by atoms with E-state index >= 15 is 0 Å². The average molecular weight is 287 g/mol. The Labute approximate surface area is 92.2 Å². The molecule has 15 heavy (non-hydrogen) atoms. The quantitative estimate of drug-likeness (QED) is 0.585. The Morgan fingerprint density at radius 1 is 1.33 bits per heavy atom. The molecule has 0 aromatic heterocycles. The lowest BCUT2D eigenvalue weighted by Crippen LogP contribution is -2.18. The average Bonchev–Trinajstić information content (AvgIpc) is 2.05. The number of alkyl halides is 4. The van der Waals surface area contributed by atoms with E-state index in [0.717, 1.165) is 6.07 Å². The van der Waals surface area contributed by atoms with Gasteiger partial charge in [-0.3, -0.25) is 0 Å². The molecule has 0 aliphatic carbocycles. The summed E-state index contributed by atoms with van der Waals surface area (Å²) in [5.74, 6) is -1.81. The van der Waals surface area contributed by atoms with Crippen LogP contribution < -0.4 is 4.74 Å². The van der Waals surface area contributed by atoms with Crippen molar-refractivity contribution in [3.05, 3.63) is 29.6 Å². The highest BCUT2D eigenvalue weighted by Gasteiger charge is 2.32. The van der Waals surface area contributed by atoms with Gasteiger partial charge in [0.05, 0.1) is 0 Å². The Morgan fingerprint density at radius 2 is 1.93 bits per heavy atom. The Bertz CT molecular complexity index is 348. The van der Waals surface area contributed by atoms with Gasteiger partial charge in [-0.2, -0.15) is 0 Å². The van der Waals surface area contributed by atoms with Crippen LogP contribution in [0.2, 0.25) is 0 Å². The first-order valence-corrected chi connectivity index (χ1v) is 4.91. The van der Waals surface area contributed by atoms with Crippen LogP contribution in [0.5, 0.6) is 5.75 Å². The second-order valence-corrected chi connectivity index (χ2v) is 4.20. The molecule has 1 aromatic rings. The molecule has 1 nitrogen and oxygen atoms in total. The van der Waals surface area contributed by atoms with Crippen LogP contribution in [0.25, 0.3) is 0 Å². The smallest absolute Gasteiger partial charge is 0.403 e. The molecule has 1 rings (SSSR count). The highest BCUT2D eigenvalue weighted by atomic mass is 79.9. The Hall–Kier alpha value is -0.780. The topological polar surface area (TPSA) is 9.23 Å². The first-order valence-electron chi connectivity index (χ1n) is 3.99. The summed E-state index contributed by atoms with van der Waals surface area (Å²) in [6.07, 6.45) is -4.88. The van der Waals surface area contributed by atoms with Crippen molar-refractivity contribution in [3.8, 4) is 5.75 Å². The fourth-order valence-electron chi connectivity index (χ4n) is 1.04. The predicted octanol–water partition coefficient (Wildman–Crippen LogP) is 4.18. The van der Waals surface area contributed by atoms with Gasteiger partial charge in [-0.25, -0.2) is 4.39 Å². The van der Waals surface area contributed by atoms with Crippen LogP contribution in [0, 0.1) is 5.82 Å². The summed E-state index contributed by atoms with van der Waals surface area (Å²) >= 11 is 3.07. The molecule has 0 saturated carbocycles. The van der Waals surface area contributed by atoms with Crippen molar-refractivity contribution in [2.75, 3.05) is 0 Å². The summed E-state index contributed by atoms with van der Waals surface area (Å²) in [7, 11) is 0. The third kappa shape index (κ3) is 3.37. The van der Waals surface area contributed by atoms with Crippen molar-refractivity contribution < 1.29 is 22.3 Å². The highest BCUT2D eigenvalue weighted by molar-refractivity contribution is 9.09. The predicted molar refractivity (Wildman–Crippen MR) is 50.4 cm³/mol. The van der Waals surface area contributed by atoms with Gasteiger partial charge in [0.25, 0.3) is 0 Å². The van der Waals surface area contributed by atoms with Crippen molar-refractivity contribution in [2.24, 2.45) is 0 Å². The Kier molecular flexibility index (Phi) is 3.59. The number of rotatable bonds is 2. The molecule has 0 aliphatic rings. The molecule has 0 heterocycles. The van der Waals surface area contributed by atoms with E-state index in [-0.39, 0.29) is 10.4 Å². The molecule has 0 fully saturated rings. The maximum absolute atomic E-state index is 13.4. The van der Waals surface area contributed by atoms with Crippen LogP contribution in [0.4, 0.5) is 17.6 Å². The molecule has 0 spiro atoms. The van der Waals surface area contributed by atoms with E-state index < -0.39 is 17.9 Å². The first-order chi connectivity index (χ1) is 6.81. The van der Waals surface area contributed by atoms with Crippen LogP contribution in [0.1, 0.15) is 17.3 Å². The number of hydrogen-bond acceptors (Lipinski definition) is 1. The van der Waals surface area contributed by atoms with Crippen LogP contribution >= 0.6 is 15.9 Å². The summed E-state index contributed by atoms with van der Waals surface area (Å²) in [6.45, 7) is 1.61. The molecule has 1 aromatic carbocycles. The van der Waals surface area contributed by atoms with Crippen LogP contribution in [-0.4, -0.2) is 6.36 Å².